The van der Waals surface area contributed by atoms with Gasteiger partial charge in [-0.25, -0.2) is 0 Å². The zero-order valence-electron chi connectivity index (χ0n) is 50.8. The molecule has 0 rings (SSSR count). The number of hydrogen-bond donors (Lipinski definition) is 3. The average Bonchev–Trinajstić information content (AvgIpc) is 3.41. The van der Waals surface area contributed by atoms with Crippen molar-refractivity contribution in [3.63, 3.8) is 0 Å². The van der Waals surface area contributed by atoms with Gasteiger partial charge in [-0.15, -0.1) is 0 Å². The summed E-state index contributed by atoms with van der Waals surface area (Å²) in [5.74, 6) is -0.0510. The van der Waals surface area contributed by atoms with Crippen LogP contribution in [0, 0.1) is 0 Å². The number of esters is 1. The molecule has 0 aliphatic carbocycles. The Bertz CT molecular complexity index is 1170. The Hall–Kier alpha value is -1.66. The fraction of sp³-hybridized carbons (Fsp3) is 0.913. The van der Waals surface area contributed by atoms with Gasteiger partial charge < -0.3 is 20.3 Å². The van der Waals surface area contributed by atoms with Crippen LogP contribution in [0.3, 0.4) is 0 Å². The molecule has 2 atom stereocenters. The van der Waals surface area contributed by atoms with E-state index in [0.29, 0.717) is 19.4 Å². The van der Waals surface area contributed by atoms with Crippen LogP contribution in [0.5, 0.6) is 0 Å². The number of allylic oxidation sites excluding steroid dienone is 3. The molecular weight excluding hydrogens is 923 g/mol. The smallest absolute Gasteiger partial charge is 0.305 e. The van der Waals surface area contributed by atoms with Crippen molar-refractivity contribution in [3.05, 3.63) is 24.3 Å². The molecule has 0 spiro atoms. The molecule has 0 radical (unpaired) electrons. The molecule has 0 fully saturated rings. The minimum Gasteiger partial charge on any atom is -0.466 e. The van der Waals surface area contributed by atoms with Gasteiger partial charge in [-0.3, -0.25) is 9.59 Å². The topological polar surface area (TPSA) is 95.9 Å². The summed E-state index contributed by atoms with van der Waals surface area (Å²) in [6.45, 7) is 4.94. The molecule has 6 nitrogen and oxygen atoms in total. The Balaban J connectivity index is 3.42. The number of amides is 1. The molecule has 0 saturated heterocycles. The zero-order chi connectivity index (χ0) is 54.3. The van der Waals surface area contributed by atoms with Crippen LogP contribution in [0.2, 0.25) is 0 Å². The molecule has 444 valence electrons. The molecule has 0 aromatic heterocycles. The van der Waals surface area contributed by atoms with Crippen LogP contribution in [0.25, 0.3) is 0 Å². The van der Waals surface area contributed by atoms with Crippen LogP contribution in [0.1, 0.15) is 380 Å². The lowest BCUT2D eigenvalue weighted by atomic mass is 10.0. The molecular formula is C69H133NO5. The molecule has 3 N–H and O–H groups in total. The van der Waals surface area contributed by atoms with Gasteiger partial charge >= 0.3 is 5.97 Å². The van der Waals surface area contributed by atoms with E-state index in [1.807, 2.05) is 6.08 Å². The second kappa shape index (κ2) is 64.9. The van der Waals surface area contributed by atoms with E-state index >= 15 is 0 Å². The third-order valence-electron chi connectivity index (χ3n) is 16.0. The molecule has 2 unspecified atom stereocenters. The van der Waals surface area contributed by atoms with Gasteiger partial charge in [0.15, 0.2) is 0 Å². The highest BCUT2D eigenvalue weighted by Crippen LogP contribution is 2.18. The number of hydrogen-bond acceptors (Lipinski definition) is 5. The zero-order valence-corrected chi connectivity index (χ0v) is 50.8. The van der Waals surface area contributed by atoms with E-state index in [9.17, 15) is 19.8 Å². The summed E-state index contributed by atoms with van der Waals surface area (Å²) in [6, 6.07) is -0.630. The van der Waals surface area contributed by atoms with Crippen molar-refractivity contribution >= 4 is 11.9 Å². The Kier molecular flexibility index (Phi) is 63.4. The van der Waals surface area contributed by atoms with Crippen molar-refractivity contribution < 1.29 is 24.5 Å². The van der Waals surface area contributed by atoms with Gasteiger partial charge in [0.2, 0.25) is 5.91 Å². The lowest BCUT2D eigenvalue weighted by Gasteiger charge is -2.20. The predicted molar refractivity (Wildman–Crippen MR) is 329 cm³/mol. The predicted octanol–water partition coefficient (Wildman–Crippen LogP) is 21.8. The summed E-state index contributed by atoms with van der Waals surface area (Å²) in [5, 5.41) is 23.2. The molecule has 0 heterocycles. The Morgan fingerprint density at radius 2 is 0.627 bits per heavy atom. The summed E-state index contributed by atoms with van der Waals surface area (Å²) >= 11 is 0. The van der Waals surface area contributed by atoms with Crippen LogP contribution in [-0.2, 0) is 14.3 Å². The van der Waals surface area contributed by atoms with E-state index in [-0.39, 0.29) is 18.5 Å². The molecule has 6 heteroatoms. The van der Waals surface area contributed by atoms with Gasteiger partial charge in [0, 0.05) is 12.8 Å². The molecule has 0 aliphatic heterocycles. The highest BCUT2D eigenvalue weighted by atomic mass is 16.5. The van der Waals surface area contributed by atoms with Crippen LogP contribution in [0.15, 0.2) is 24.3 Å². The number of aliphatic hydroxyl groups excluding tert-OH is 2. The minimum atomic E-state index is -0.846. The van der Waals surface area contributed by atoms with E-state index in [0.717, 1.165) is 38.5 Å². The highest BCUT2D eigenvalue weighted by molar-refractivity contribution is 5.76. The number of ether oxygens (including phenoxy) is 1. The van der Waals surface area contributed by atoms with Crippen molar-refractivity contribution in [2.45, 2.75) is 392 Å². The maximum atomic E-state index is 12.5. The molecule has 75 heavy (non-hydrogen) atoms. The first kappa shape index (κ1) is 73.3. The number of carbonyl (C=O) groups is 2. The molecule has 0 saturated carbocycles. The SMILES string of the molecule is CCCCCCCCCCCCCCCCCCCC/C=C/C(O)C(CO)NC(=O)CCCCCCCCCCCC/C=C\CCCCCCCCCCCCCCOC(=O)CCCCCCCCCCCCCC. The average molecular weight is 1060 g/mol. The molecule has 0 bridgehead atoms. The van der Waals surface area contributed by atoms with E-state index in [2.05, 4.69) is 31.3 Å². The van der Waals surface area contributed by atoms with Crippen LogP contribution < -0.4 is 5.32 Å². The first-order chi connectivity index (χ1) is 37.0. The van der Waals surface area contributed by atoms with Gasteiger partial charge in [0.25, 0.3) is 0 Å². The van der Waals surface area contributed by atoms with Crippen molar-refractivity contribution in [2.24, 2.45) is 0 Å². The Labute approximate surface area is 469 Å². The normalized spacial score (nSPS) is 12.6. The summed E-state index contributed by atoms with van der Waals surface area (Å²) in [6.07, 6.45) is 81.0. The summed E-state index contributed by atoms with van der Waals surface area (Å²) in [5.41, 5.74) is 0. The minimum absolute atomic E-state index is 0.0152. The monoisotopic (exact) mass is 1060 g/mol. The second-order valence-electron chi connectivity index (χ2n) is 23.5. The summed E-state index contributed by atoms with van der Waals surface area (Å²) in [4.78, 5) is 24.5. The third kappa shape index (κ3) is 61.4. The van der Waals surface area contributed by atoms with Crippen LogP contribution in [0.4, 0.5) is 0 Å². The number of rotatable bonds is 64. The van der Waals surface area contributed by atoms with Crippen molar-refractivity contribution in [1.82, 2.24) is 5.32 Å². The number of aliphatic hydroxyl groups is 2. The fourth-order valence-corrected chi connectivity index (χ4v) is 10.7. The maximum Gasteiger partial charge on any atom is 0.305 e. The van der Waals surface area contributed by atoms with Crippen molar-refractivity contribution in [2.75, 3.05) is 13.2 Å². The van der Waals surface area contributed by atoms with E-state index in [1.54, 1.807) is 6.08 Å². The molecule has 0 aliphatic rings. The van der Waals surface area contributed by atoms with E-state index in [1.165, 1.54) is 315 Å². The summed E-state index contributed by atoms with van der Waals surface area (Å²) < 4.78 is 5.48. The van der Waals surface area contributed by atoms with Gasteiger partial charge in [0.1, 0.15) is 0 Å². The van der Waals surface area contributed by atoms with Crippen LogP contribution >= 0.6 is 0 Å². The largest absolute Gasteiger partial charge is 0.466 e. The summed E-state index contributed by atoms with van der Waals surface area (Å²) in [7, 11) is 0. The molecule has 0 aromatic rings. The standard InChI is InChI=1S/C69H133NO5/c1-3-5-7-9-11-13-15-17-18-19-20-29-32-35-38-41-45-49-53-57-61-67(72)66(65-71)70-68(73)62-58-54-50-46-42-39-36-33-30-27-25-23-21-22-24-26-28-31-34-37-40-44-48-52-56-60-64-75-69(74)63-59-55-51-47-43-16-14-12-10-8-6-4-2/h21,23,57,61,66-67,71-72H,3-20,22,24-56,58-60,62-65H2,1-2H3,(H,70,73)/b23-21-,61-57+. The number of unbranched alkanes of at least 4 members (excludes halogenated alkanes) is 51. The Morgan fingerprint density at radius 3 is 0.947 bits per heavy atom. The Morgan fingerprint density at radius 1 is 0.360 bits per heavy atom. The van der Waals surface area contributed by atoms with Gasteiger partial charge in [-0.1, -0.05) is 334 Å². The second-order valence-corrected chi connectivity index (χ2v) is 23.5. The van der Waals surface area contributed by atoms with E-state index < -0.39 is 12.1 Å². The molecule has 1 amide bonds. The van der Waals surface area contributed by atoms with Crippen molar-refractivity contribution in [3.8, 4) is 0 Å². The first-order valence-electron chi connectivity index (χ1n) is 34.1. The quantitative estimate of drug-likeness (QED) is 0.0320. The van der Waals surface area contributed by atoms with Crippen molar-refractivity contribution in [1.29, 1.82) is 0 Å². The van der Waals surface area contributed by atoms with Gasteiger partial charge in [0.05, 0.1) is 25.4 Å². The number of nitrogens with one attached hydrogen (secondary N) is 1. The maximum absolute atomic E-state index is 12.5. The van der Waals surface area contributed by atoms with Gasteiger partial charge in [-0.2, -0.15) is 0 Å². The lowest BCUT2D eigenvalue weighted by molar-refractivity contribution is -0.143. The highest BCUT2D eigenvalue weighted by Gasteiger charge is 2.18. The first-order valence-corrected chi connectivity index (χ1v) is 34.1. The lowest BCUT2D eigenvalue weighted by Crippen LogP contribution is -2.45. The van der Waals surface area contributed by atoms with Crippen LogP contribution in [-0.4, -0.2) is 47.4 Å². The third-order valence-corrected chi connectivity index (χ3v) is 16.0. The number of carbonyl (C=O) groups excluding carboxylic acids is 2. The van der Waals surface area contributed by atoms with E-state index in [4.69, 9.17) is 4.74 Å². The molecule has 0 aromatic carbocycles. The fourth-order valence-electron chi connectivity index (χ4n) is 10.7. The van der Waals surface area contributed by atoms with Gasteiger partial charge in [-0.05, 0) is 57.8 Å².